The molecule has 0 aliphatic heterocycles. The zero-order valence-corrected chi connectivity index (χ0v) is 21.0. The Morgan fingerprint density at radius 3 is 1.89 bits per heavy atom. The minimum atomic E-state index is -4.57. The summed E-state index contributed by atoms with van der Waals surface area (Å²) in [4.78, 5) is 0. The summed E-state index contributed by atoms with van der Waals surface area (Å²) in [5.41, 5.74) is -1.34. The quantitative estimate of drug-likeness (QED) is 0.197. The lowest BCUT2D eigenvalue weighted by Crippen LogP contribution is -2.26. The van der Waals surface area contributed by atoms with Crippen molar-refractivity contribution in [1.82, 2.24) is 0 Å². The fourth-order valence-electron chi connectivity index (χ4n) is 6.40. The molecular weight excluding hydrogens is 497 g/mol. The molecule has 2 atom stereocenters. The van der Waals surface area contributed by atoms with E-state index in [0.717, 1.165) is 43.7 Å². The van der Waals surface area contributed by atoms with Gasteiger partial charge in [-0.3, -0.25) is 0 Å². The van der Waals surface area contributed by atoms with E-state index in [2.05, 4.69) is 11.7 Å². The van der Waals surface area contributed by atoms with Crippen LogP contribution in [0.2, 0.25) is 0 Å². The van der Waals surface area contributed by atoms with Crippen molar-refractivity contribution in [1.29, 1.82) is 0 Å². The Labute approximate surface area is 213 Å². The SMILES string of the molecule is CCCC1CCCC(C2CCC(c3cc(F)c(C(F)(F)Oc4cc(F)c(F)c(F)c4)c(F)c3)CC2)CC1. The summed E-state index contributed by atoms with van der Waals surface area (Å²) in [6.07, 6.45) is 7.56. The van der Waals surface area contributed by atoms with Crippen LogP contribution in [0.25, 0.3) is 0 Å². The maximum atomic E-state index is 14.8. The minimum absolute atomic E-state index is 0.136. The van der Waals surface area contributed by atoms with Crippen molar-refractivity contribution < 1.29 is 35.5 Å². The smallest absolute Gasteiger partial charge is 0.429 e. The molecule has 2 fully saturated rings. The van der Waals surface area contributed by atoms with E-state index in [1.165, 1.54) is 44.9 Å². The molecule has 2 aliphatic rings. The average Bonchev–Trinajstić information content (AvgIpc) is 3.07. The summed E-state index contributed by atoms with van der Waals surface area (Å²) in [6.45, 7) is 2.23. The molecule has 2 aromatic carbocycles. The summed E-state index contributed by atoms with van der Waals surface area (Å²) in [7, 11) is 0. The first-order valence-electron chi connectivity index (χ1n) is 13.3. The monoisotopic (exact) mass is 530 g/mol. The Bertz CT molecular complexity index is 1030. The van der Waals surface area contributed by atoms with E-state index in [9.17, 15) is 30.7 Å². The zero-order chi connectivity index (χ0) is 26.7. The number of ether oxygens (including phenoxy) is 1. The van der Waals surface area contributed by atoms with E-state index in [1.54, 1.807) is 0 Å². The molecule has 2 unspecified atom stereocenters. The lowest BCUT2D eigenvalue weighted by molar-refractivity contribution is -0.189. The molecule has 0 heterocycles. The number of halogens is 7. The minimum Gasteiger partial charge on any atom is -0.429 e. The number of rotatable bonds is 7. The number of alkyl halides is 2. The molecule has 0 radical (unpaired) electrons. The predicted octanol–water partition coefficient (Wildman–Crippen LogP) is 9.78. The Morgan fingerprint density at radius 2 is 1.30 bits per heavy atom. The second-order valence-corrected chi connectivity index (χ2v) is 10.7. The van der Waals surface area contributed by atoms with Gasteiger partial charge in [-0.1, -0.05) is 45.4 Å². The van der Waals surface area contributed by atoms with Crippen molar-refractivity contribution >= 4 is 0 Å². The second kappa shape index (κ2) is 11.6. The first-order valence-corrected chi connectivity index (χ1v) is 13.3. The van der Waals surface area contributed by atoms with Gasteiger partial charge in [-0.05, 0) is 73.5 Å². The van der Waals surface area contributed by atoms with Gasteiger partial charge >= 0.3 is 6.11 Å². The Kier molecular flexibility index (Phi) is 8.74. The van der Waals surface area contributed by atoms with Crippen LogP contribution in [0.5, 0.6) is 5.75 Å². The largest absolute Gasteiger partial charge is 0.432 e. The van der Waals surface area contributed by atoms with Crippen molar-refractivity contribution in [3.63, 3.8) is 0 Å². The number of hydrogen-bond donors (Lipinski definition) is 0. The molecule has 0 spiro atoms. The van der Waals surface area contributed by atoms with Gasteiger partial charge in [0.15, 0.2) is 17.5 Å². The lowest BCUT2D eigenvalue weighted by Gasteiger charge is -2.34. The Hall–Kier alpha value is -2.25. The van der Waals surface area contributed by atoms with E-state index in [1.807, 2.05) is 0 Å². The van der Waals surface area contributed by atoms with Gasteiger partial charge in [0.1, 0.15) is 22.9 Å². The highest BCUT2D eigenvalue weighted by molar-refractivity contribution is 5.33. The molecule has 0 N–H and O–H groups in total. The predicted molar refractivity (Wildman–Crippen MR) is 127 cm³/mol. The fourth-order valence-corrected chi connectivity index (χ4v) is 6.40. The molecule has 8 heteroatoms. The molecule has 37 heavy (non-hydrogen) atoms. The van der Waals surface area contributed by atoms with Crippen LogP contribution >= 0.6 is 0 Å². The van der Waals surface area contributed by atoms with Crippen molar-refractivity contribution in [2.75, 3.05) is 0 Å². The highest BCUT2D eigenvalue weighted by Crippen LogP contribution is 2.45. The molecule has 4 rings (SSSR count). The van der Waals surface area contributed by atoms with E-state index in [-0.39, 0.29) is 18.1 Å². The molecule has 0 saturated heterocycles. The van der Waals surface area contributed by atoms with Crippen LogP contribution in [0, 0.1) is 46.8 Å². The van der Waals surface area contributed by atoms with Gasteiger partial charge in [0, 0.05) is 12.1 Å². The van der Waals surface area contributed by atoms with Crippen molar-refractivity contribution in [2.24, 2.45) is 17.8 Å². The fraction of sp³-hybridized carbons (Fsp3) is 0.586. The molecule has 2 aliphatic carbocycles. The first-order chi connectivity index (χ1) is 17.6. The highest BCUT2D eigenvalue weighted by Gasteiger charge is 2.42. The number of hydrogen-bond acceptors (Lipinski definition) is 1. The molecule has 204 valence electrons. The summed E-state index contributed by atoms with van der Waals surface area (Å²) >= 11 is 0. The van der Waals surface area contributed by atoms with Crippen molar-refractivity contribution in [3.8, 4) is 5.75 Å². The molecule has 0 aromatic heterocycles. The molecule has 2 saturated carbocycles. The van der Waals surface area contributed by atoms with Gasteiger partial charge in [0.2, 0.25) is 0 Å². The highest BCUT2D eigenvalue weighted by atomic mass is 19.3. The number of benzene rings is 2. The third-order valence-corrected chi connectivity index (χ3v) is 8.30. The van der Waals surface area contributed by atoms with Crippen LogP contribution < -0.4 is 4.74 Å². The van der Waals surface area contributed by atoms with Crippen LogP contribution in [-0.2, 0) is 6.11 Å². The Morgan fingerprint density at radius 1 is 0.730 bits per heavy atom. The Balaban J connectivity index is 1.42. The van der Waals surface area contributed by atoms with Gasteiger partial charge in [0.05, 0.1) is 0 Å². The zero-order valence-electron chi connectivity index (χ0n) is 21.0. The third-order valence-electron chi connectivity index (χ3n) is 8.30. The topological polar surface area (TPSA) is 9.23 Å². The van der Waals surface area contributed by atoms with E-state index in [0.29, 0.717) is 17.4 Å². The van der Waals surface area contributed by atoms with Crippen LogP contribution in [0.1, 0.15) is 94.6 Å². The van der Waals surface area contributed by atoms with Crippen molar-refractivity contribution in [2.45, 2.75) is 89.6 Å². The molecule has 0 bridgehead atoms. The van der Waals surface area contributed by atoms with Gasteiger partial charge in [-0.25, -0.2) is 22.0 Å². The normalized spacial score (nSPS) is 25.1. The van der Waals surface area contributed by atoms with E-state index >= 15 is 0 Å². The first kappa shape index (κ1) is 27.8. The third kappa shape index (κ3) is 6.43. The van der Waals surface area contributed by atoms with Crippen LogP contribution in [0.4, 0.5) is 30.7 Å². The van der Waals surface area contributed by atoms with Crippen LogP contribution in [0.15, 0.2) is 24.3 Å². The molecule has 1 nitrogen and oxygen atoms in total. The van der Waals surface area contributed by atoms with Gasteiger partial charge < -0.3 is 4.74 Å². The van der Waals surface area contributed by atoms with Gasteiger partial charge in [-0.15, -0.1) is 0 Å². The van der Waals surface area contributed by atoms with Crippen molar-refractivity contribution in [3.05, 3.63) is 64.5 Å². The van der Waals surface area contributed by atoms with Gasteiger partial charge in [0.25, 0.3) is 0 Å². The molecular formula is C29H33F7O. The summed E-state index contributed by atoms with van der Waals surface area (Å²) < 4.78 is 103. The van der Waals surface area contributed by atoms with Crippen LogP contribution in [-0.4, -0.2) is 0 Å². The van der Waals surface area contributed by atoms with Crippen LogP contribution in [0.3, 0.4) is 0 Å². The second-order valence-electron chi connectivity index (χ2n) is 10.7. The molecule has 0 amide bonds. The summed E-state index contributed by atoms with van der Waals surface area (Å²) in [5, 5.41) is 0. The van der Waals surface area contributed by atoms with Gasteiger partial charge in [-0.2, -0.15) is 8.78 Å². The maximum absolute atomic E-state index is 14.8. The summed E-state index contributed by atoms with van der Waals surface area (Å²) in [5.74, 6) is -7.55. The standard InChI is InChI=1S/C29H33F7O/c1-2-4-17-5-3-6-18(8-7-17)19-9-11-20(12-10-19)21-13-23(30)27(24(31)14-21)29(35,36)37-22-15-25(32)28(34)26(33)16-22/h13-20H,2-12H2,1H3. The maximum Gasteiger partial charge on any atom is 0.432 e. The lowest BCUT2D eigenvalue weighted by atomic mass is 9.71. The average molecular weight is 531 g/mol. The van der Waals surface area contributed by atoms with E-state index in [4.69, 9.17) is 0 Å². The van der Waals surface area contributed by atoms with E-state index < -0.39 is 46.5 Å². The molecule has 2 aromatic rings. The summed E-state index contributed by atoms with van der Waals surface area (Å²) in [6, 6.07) is 2.17.